The number of hydrogen-bond donors (Lipinski definition) is 2. The van der Waals surface area contributed by atoms with Gasteiger partial charge in [-0.2, -0.15) is 0 Å². The smallest absolute Gasteiger partial charge is 0.423 e. The fraction of sp³-hybridized carbons (Fsp3) is 0.300. The molecule has 0 spiro atoms. The van der Waals surface area contributed by atoms with Crippen molar-refractivity contribution in [2.24, 2.45) is 0 Å². The molecule has 0 aliphatic rings. The van der Waals surface area contributed by atoms with E-state index < -0.39 is 15.2 Å². The Morgan fingerprint density at radius 1 is 1.27 bits per heavy atom. The molecule has 0 saturated heterocycles. The molecule has 3 nitrogen and oxygen atoms in total. The molecule has 2 N–H and O–H groups in total. The van der Waals surface area contributed by atoms with Gasteiger partial charge < -0.3 is 10.0 Å². The fourth-order valence-corrected chi connectivity index (χ4v) is 3.20. The van der Waals surface area contributed by atoms with E-state index in [2.05, 4.69) is 19.6 Å². The Bertz CT molecular complexity index is 371. The van der Waals surface area contributed by atoms with Crippen molar-refractivity contribution in [3.05, 3.63) is 23.8 Å². The van der Waals surface area contributed by atoms with E-state index in [4.69, 9.17) is 10.0 Å². The molecule has 15 heavy (non-hydrogen) atoms. The second-order valence-electron chi connectivity index (χ2n) is 4.55. The van der Waals surface area contributed by atoms with Crippen molar-refractivity contribution in [3.63, 3.8) is 0 Å². The van der Waals surface area contributed by atoms with Gasteiger partial charge in [0, 0.05) is 5.56 Å². The first-order valence-corrected chi connectivity index (χ1v) is 8.32. The number of hydrogen-bond acceptors (Lipinski definition) is 3. The third-order valence-corrected chi connectivity index (χ3v) is 4.40. The van der Waals surface area contributed by atoms with Gasteiger partial charge in [-0.3, -0.25) is 4.79 Å². The van der Waals surface area contributed by atoms with Crippen LogP contribution in [0.15, 0.2) is 18.2 Å². The summed E-state index contributed by atoms with van der Waals surface area (Å²) in [6.45, 7) is 6.34. The van der Waals surface area contributed by atoms with Gasteiger partial charge in [-0.05, 0) is 5.46 Å². The molecule has 80 valence electrons. The van der Waals surface area contributed by atoms with Crippen LogP contribution in [0.1, 0.15) is 10.4 Å². The van der Waals surface area contributed by atoms with Crippen LogP contribution in [-0.2, 0) is 0 Å². The van der Waals surface area contributed by atoms with Crippen molar-refractivity contribution in [1.82, 2.24) is 0 Å². The average Bonchev–Trinajstić information content (AvgIpc) is 2.15. The molecular formula is C10H15BO3Si. The van der Waals surface area contributed by atoms with Crippen molar-refractivity contribution >= 4 is 32.1 Å². The zero-order valence-electron chi connectivity index (χ0n) is 9.19. The van der Waals surface area contributed by atoms with Gasteiger partial charge in [0.1, 0.15) is 6.29 Å². The zero-order valence-corrected chi connectivity index (χ0v) is 10.2. The van der Waals surface area contributed by atoms with Crippen molar-refractivity contribution < 1.29 is 14.8 Å². The highest BCUT2D eigenvalue weighted by molar-refractivity contribution is 6.89. The van der Waals surface area contributed by atoms with E-state index in [9.17, 15) is 4.79 Å². The Morgan fingerprint density at radius 3 is 2.27 bits per heavy atom. The summed E-state index contributed by atoms with van der Waals surface area (Å²) in [5.41, 5.74) is 0.733. The van der Waals surface area contributed by atoms with E-state index in [1.807, 2.05) is 6.07 Å². The molecule has 0 aliphatic heterocycles. The van der Waals surface area contributed by atoms with Gasteiger partial charge in [-0.25, -0.2) is 0 Å². The predicted molar refractivity (Wildman–Crippen MR) is 64.6 cm³/mol. The molecular weight excluding hydrogens is 207 g/mol. The molecule has 5 heteroatoms. The zero-order chi connectivity index (χ0) is 11.6. The molecule has 1 aromatic carbocycles. The third kappa shape index (κ3) is 2.56. The van der Waals surface area contributed by atoms with E-state index >= 15 is 0 Å². The summed E-state index contributed by atoms with van der Waals surface area (Å²) in [4.78, 5) is 11.0. The van der Waals surface area contributed by atoms with Gasteiger partial charge in [-0.15, -0.1) is 0 Å². The summed E-state index contributed by atoms with van der Waals surface area (Å²) < 4.78 is 0. The fourth-order valence-electron chi connectivity index (χ4n) is 1.59. The maximum atomic E-state index is 11.0. The first-order valence-electron chi connectivity index (χ1n) is 4.82. The van der Waals surface area contributed by atoms with Crippen molar-refractivity contribution in [3.8, 4) is 0 Å². The van der Waals surface area contributed by atoms with Crippen LogP contribution in [0.2, 0.25) is 19.6 Å². The Labute approximate surface area is 90.9 Å². The van der Waals surface area contributed by atoms with Gasteiger partial charge >= 0.3 is 7.12 Å². The van der Waals surface area contributed by atoms with Crippen molar-refractivity contribution in [1.29, 1.82) is 0 Å². The third-order valence-electron chi connectivity index (χ3n) is 2.34. The molecule has 0 heterocycles. The Morgan fingerprint density at radius 2 is 1.87 bits per heavy atom. The highest BCUT2D eigenvalue weighted by Crippen LogP contribution is 2.04. The van der Waals surface area contributed by atoms with Crippen LogP contribution < -0.4 is 10.6 Å². The number of carbonyl (C=O) groups excluding carboxylic acids is 1. The highest BCUT2D eigenvalue weighted by Gasteiger charge is 2.25. The second-order valence-corrected chi connectivity index (χ2v) is 9.59. The Hall–Kier alpha value is -0.908. The minimum Gasteiger partial charge on any atom is -0.423 e. The van der Waals surface area contributed by atoms with E-state index in [1.165, 1.54) is 0 Å². The highest BCUT2D eigenvalue weighted by atomic mass is 28.3. The standard InChI is InChI=1S/C10H15BO3Si/c1-15(2,3)10-6-4-5-9(11(13)14)8(10)7-12/h4-7,13-14H,1-3H3. The summed E-state index contributed by atoms with van der Waals surface area (Å²) in [5.74, 6) is 0. The van der Waals surface area contributed by atoms with E-state index in [0.717, 1.165) is 5.19 Å². The van der Waals surface area contributed by atoms with Gasteiger partial charge in [0.15, 0.2) is 0 Å². The van der Waals surface area contributed by atoms with Gasteiger partial charge in [0.05, 0.1) is 8.07 Å². The van der Waals surface area contributed by atoms with Crippen LogP contribution >= 0.6 is 0 Å². The molecule has 0 amide bonds. The van der Waals surface area contributed by atoms with Crippen molar-refractivity contribution in [2.75, 3.05) is 0 Å². The minimum atomic E-state index is -1.63. The molecule has 0 radical (unpaired) electrons. The molecule has 0 aliphatic carbocycles. The Kier molecular flexibility index (Phi) is 3.49. The number of rotatable bonds is 3. The largest absolute Gasteiger partial charge is 0.489 e. The van der Waals surface area contributed by atoms with Gasteiger partial charge in [0.25, 0.3) is 0 Å². The minimum absolute atomic E-state index is 0.296. The van der Waals surface area contributed by atoms with E-state index in [-0.39, 0.29) is 0 Å². The first kappa shape index (κ1) is 12.2. The maximum Gasteiger partial charge on any atom is 0.489 e. The lowest BCUT2D eigenvalue weighted by Crippen LogP contribution is -2.46. The summed E-state index contributed by atoms with van der Waals surface area (Å²) in [7, 11) is -3.21. The lowest BCUT2D eigenvalue weighted by molar-refractivity contribution is 0.112. The SMILES string of the molecule is C[Si](C)(C)c1cccc(B(O)O)c1C=O. The molecule has 0 aromatic heterocycles. The number of benzene rings is 1. The summed E-state index contributed by atoms with van der Waals surface area (Å²) in [6.07, 6.45) is 0.711. The number of aldehydes is 1. The normalized spacial score (nSPS) is 11.3. The molecule has 0 atom stereocenters. The Balaban J connectivity index is 3.42. The van der Waals surface area contributed by atoms with Crippen LogP contribution in [0.25, 0.3) is 0 Å². The summed E-state index contributed by atoms with van der Waals surface area (Å²) in [6, 6.07) is 5.22. The second kappa shape index (κ2) is 4.30. The van der Waals surface area contributed by atoms with Crippen LogP contribution in [-0.4, -0.2) is 31.5 Å². The summed E-state index contributed by atoms with van der Waals surface area (Å²) >= 11 is 0. The first-order chi connectivity index (χ1) is 6.88. The van der Waals surface area contributed by atoms with Crippen LogP contribution in [0, 0.1) is 0 Å². The quantitative estimate of drug-likeness (QED) is 0.546. The molecule has 0 fully saturated rings. The maximum absolute atomic E-state index is 11.0. The van der Waals surface area contributed by atoms with Crippen LogP contribution in [0.3, 0.4) is 0 Å². The lowest BCUT2D eigenvalue weighted by atomic mass is 9.77. The van der Waals surface area contributed by atoms with Gasteiger partial charge in [0.2, 0.25) is 0 Å². The molecule has 0 bridgehead atoms. The number of carbonyl (C=O) groups is 1. The topological polar surface area (TPSA) is 57.5 Å². The lowest BCUT2D eigenvalue weighted by Gasteiger charge is -2.20. The van der Waals surface area contributed by atoms with Crippen LogP contribution in [0.4, 0.5) is 0 Å². The molecule has 1 rings (SSSR count). The van der Waals surface area contributed by atoms with Crippen molar-refractivity contribution in [2.45, 2.75) is 19.6 Å². The van der Waals surface area contributed by atoms with Gasteiger partial charge in [-0.1, -0.05) is 43.0 Å². The molecule has 1 aromatic rings. The average molecular weight is 222 g/mol. The van der Waals surface area contributed by atoms with Crippen LogP contribution in [0.5, 0.6) is 0 Å². The van der Waals surface area contributed by atoms with E-state index in [0.29, 0.717) is 17.3 Å². The molecule has 0 unspecified atom stereocenters. The van der Waals surface area contributed by atoms with E-state index in [1.54, 1.807) is 12.1 Å². The molecule has 0 saturated carbocycles. The monoisotopic (exact) mass is 222 g/mol. The predicted octanol–water partition coefficient (Wildman–Crippen LogP) is -0.276. The summed E-state index contributed by atoms with van der Waals surface area (Å²) in [5, 5.41) is 19.2.